The molecule has 2 aromatic rings. The van der Waals surface area contributed by atoms with Gasteiger partial charge in [0.05, 0.1) is 17.9 Å². The van der Waals surface area contributed by atoms with Crippen molar-refractivity contribution in [2.75, 3.05) is 5.32 Å². The maximum absolute atomic E-state index is 13.8. The highest BCUT2D eigenvalue weighted by molar-refractivity contribution is 6.05. The molecule has 0 saturated carbocycles. The number of benzene rings is 1. The molecular weight excluding hydrogens is 369 g/mol. The van der Waals surface area contributed by atoms with Crippen LogP contribution in [-0.4, -0.2) is 15.3 Å². The highest BCUT2D eigenvalue weighted by Gasteiger charge is 2.24. The minimum atomic E-state index is -0.604. The van der Waals surface area contributed by atoms with Gasteiger partial charge in [-0.15, -0.1) is 6.58 Å². The molecule has 1 aromatic carbocycles. The summed E-state index contributed by atoms with van der Waals surface area (Å²) in [7, 11) is 0. The standard InChI is InChI=1S/C23H26FN3O2/c1-7-8-9-10-17(5)27-23(29)21(18(6)26(27)14-15(2)3)22(28)25-19-12-11-16(4)20(24)13-19/h7,9-13H,1-2,5,8,14H2,3-4,6H3,(H,25,28). The van der Waals surface area contributed by atoms with Gasteiger partial charge in [-0.05, 0) is 51.0 Å². The van der Waals surface area contributed by atoms with E-state index >= 15 is 0 Å². The molecule has 0 spiro atoms. The molecule has 2 rings (SSSR count). The van der Waals surface area contributed by atoms with E-state index in [0.717, 1.165) is 5.57 Å². The van der Waals surface area contributed by atoms with Crippen LogP contribution in [0, 0.1) is 19.7 Å². The molecule has 1 heterocycles. The quantitative estimate of drug-likeness (QED) is 0.514. The monoisotopic (exact) mass is 395 g/mol. The SMILES string of the molecule is C=CCC=CC(=C)n1c(=O)c(C(=O)Nc2ccc(C)c(F)c2)c(C)n1CC(=C)C. The van der Waals surface area contributed by atoms with Crippen molar-refractivity contribution in [3.63, 3.8) is 0 Å². The fraction of sp³-hybridized carbons (Fsp3) is 0.217. The zero-order valence-corrected chi connectivity index (χ0v) is 17.1. The Morgan fingerprint density at radius 2 is 1.97 bits per heavy atom. The van der Waals surface area contributed by atoms with E-state index < -0.39 is 17.3 Å². The number of hydrogen-bond donors (Lipinski definition) is 1. The van der Waals surface area contributed by atoms with E-state index in [1.807, 2.05) is 13.0 Å². The first-order chi connectivity index (χ1) is 13.7. The van der Waals surface area contributed by atoms with Gasteiger partial charge in [0, 0.05) is 5.69 Å². The molecule has 0 unspecified atom stereocenters. The summed E-state index contributed by atoms with van der Waals surface area (Å²) in [5, 5.41) is 2.60. The number of amides is 1. The van der Waals surface area contributed by atoms with Gasteiger partial charge in [-0.25, -0.2) is 9.07 Å². The third-order valence-corrected chi connectivity index (χ3v) is 4.36. The maximum Gasteiger partial charge on any atom is 0.284 e. The number of aryl methyl sites for hydroxylation is 1. The van der Waals surface area contributed by atoms with Crippen molar-refractivity contribution in [2.24, 2.45) is 0 Å². The van der Waals surface area contributed by atoms with Crippen LogP contribution in [0.25, 0.3) is 5.70 Å². The Morgan fingerprint density at radius 1 is 1.28 bits per heavy atom. The molecule has 1 N–H and O–H groups in total. The number of nitrogens with zero attached hydrogens (tertiary/aromatic N) is 2. The number of anilines is 1. The summed E-state index contributed by atoms with van der Waals surface area (Å²) in [6, 6.07) is 4.38. The Balaban J connectivity index is 2.50. The average molecular weight is 395 g/mol. The smallest absolute Gasteiger partial charge is 0.284 e. The first kappa shape index (κ1) is 21.9. The van der Waals surface area contributed by atoms with Gasteiger partial charge in [-0.3, -0.25) is 14.3 Å². The fourth-order valence-electron chi connectivity index (χ4n) is 2.88. The number of allylic oxidation sites excluding steroid dienone is 5. The molecule has 0 aliphatic carbocycles. The second kappa shape index (κ2) is 9.19. The van der Waals surface area contributed by atoms with Gasteiger partial charge in [-0.1, -0.05) is 36.9 Å². The first-order valence-electron chi connectivity index (χ1n) is 9.18. The molecular formula is C23H26FN3O2. The van der Waals surface area contributed by atoms with Gasteiger partial charge in [0.2, 0.25) is 0 Å². The Kier molecular flexibility index (Phi) is 6.93. The van der Waals surface area contributed by atoms with Crippen LogP contribution in [0.4, 0.5) is 10.1 Å². The van der Waals surface area contributed by atoms with Crippen molar-refractivity contribution in [1.29, 1.82) is 0 Å². The van der Waals surface area contributed by atoms with Crippen molar-refractivity contribution in [3.05, 3.63) is 94.7 Å². The summed E-state index contributed by atoms with van der Waals surface area (Å²) in [5.41, 5.74) is 1.93. The summed E-state index contributed by atoms with van der Waals surface area (Å²) in [6.07, 6.45) is 5.88. The van der Waals surface area contributed by atoms with E-state index in [1.54, 1.807) is 42.8 Å². The van der Waals surface area contributed by atoms with Crippen molar-refractivity contribution >= 4 is 17.3 Å². The Labute approximate surface area is 170 Å². The van der Waals surface area contributed by atoms with Crippen LogP contribution in [0.3, 0.4) is 0 Å². The molecule has 0 aliphatic rings. The molecule has 5 nitrogen and oxygen atoms in total. The van der Waals surface area contributed by atoms with Crippen LogP contribution in [0.2, 0.25) is 0 Å². The molecule has 0 atom stereocenters. The molecule has 0 fully saturated rings. The van der Waals surface area contributed by atoms with Gasteiger partial charge in [0.1, 0.15) is 11.4 Å². The van der Waals surface area contributed by atoms with Gasteiger partial charge >= 0.3 is 0 Å². The Bertz CT molecular complexity index is 1070. The number of halogens is 1. The van der Waals surface area contributed by atoms with E-state index in [2.05, 4.69) is 25.1 Å². The molecule has 1 aromatic heterocycles. The van der Waals surface area contributed by atoms with Crippen LogP contribution in [0.15, 0.2) is 66.5 Å². The van der Waals surface area contributed by atoms with Gasteiger partial charge in [0.25, 0.3) is 11.5 Å². The first-order valence-corrected chi connectivity index (χ1v) is 9.18. The normalized spacial score (nSPS) is 10.9. The van der Waals surface area contributed by atoms with Gasteiger partial charge in [-0.2, -0.15) is 0 Å². The summed E-state index contributed by atoms with van der Waals surface area (Å²) in [5.74, 6) is -1.04. The predicted molar refractivity (Wildman–Crippen MR) is 117 cm³/mol. The largest absolute Gasteiger partial charge is 0.322 e. The van der Waals surface area contributed by atoms with Crippen LogP contribution in [0.5, 0.6) is 0 Å². The molecule has 0 aliphatic heterocycles. The minimum absolute atomic E-state index is 0.0227. The van der Waals surface area contributed by atoms with E-state index in [4.69, 9.17) is 0 Å². The summed E-state index contributed by atoms with van der Waals surface area (Å²) in [4.78, 5) is 25.9. The third-order valence-electron chi connectivity index (χ3n) is 4.36. The predicted octanol–water partition coefficient (Wildman–Crippen LogP) is 4.84. The molecule has 0 bridgehead atoms. The zero-order valence-electron chi connectivity index (χ0n) is 17.1. The van der Waals surface area contributed by atoms with E-state index in [0.29, 0.717) is 29.9 Å². The van der Waals surface area contributed by atoms with Crippen LogP contribution >= 0.6 is 0 Å². The molecule has 1 amide bonds. The van der Waals surface area contributed by atoms with Crippen LogP contribution < -0.4 is 10.9 Å². The molecule has 6 heteroatoms. The van der Waals surface area contributed by atoms with Crippen LogP contribution in [-0.2, 0) is 6.54 Å². The molecule has 0 radical (unpaired) electrons. The topological polar surface area (TPSA) is 56.0 Å². The highest BCUT2D eigenvalue weighted by Crippen LogP contribution is 2.17. The highest BCUT2D eigenvalue weighted by atomic mass is 19.1. The Morgan fingerprint density at radius 3 is 2.55 bits per heavy atom. The summed E-state index contributed by atoms with van der Waals surface area (Å²) in [6.45, 7) is 17.0. The maximum atomic E-state index is 13.8. The number of carbonyl (C=O) groups excluding carboxylic acids is 1. The molecule has 152 valence electrons. The number of hydrogen-bond acceptors (Lipinski definition) is 2. The van der Waals surface area contributed by atoms with Crippen LogP contribution in [0.1, 0.15) is 35.0 Å². The number of rotatable bonds is 8. The lowest BCUT2D eigenvalue weighted by Crippen LogP contribution is -2.26. The lowest BCUT2D eigenvalue weighted by Gasteiger charge is -2.13. The number of aromatic nitrogens is 2. The van der Waals surface area contributed by atoms with Crippen molar-refractivity contribution in [1.82, 2.24) is 9.36 Å². The van der Waals surface area contributed by atoms with E-state index in [1.165, 1.54) is 10.7 Å². The van der Waals surface area contributed by atoms with Crippen molar-refractivity contribution in [2.45, 2.75) is 33.7 Å². The number of carbonyl (C=O) groups is 1. The lowest BCUT2D eigenvalue weighted by molar-refractivity contribution is 0.102. The van der Waals surface area contributed by atoms with Gasteiger partial charge in [0.15, 0.2) is 0 Å². The fourth-order valence-corrected chi connectivity index (χ4v) is 2.88. The summed E-state index contributed by atoms with van der Waals surface area (Å²) >= 11 is 0. The van der Waals surface area contributed by atoms with E-state index in [9.17, 15) is 14.0 Å². The van der Waals surface area contributed by atoms with Crippen molar-refractivity contribution < 1.29 is 9.18 Å². The minimum Gasteiger partial charge on any atom is -0.322 e. The molecule has 29 heavy (non-hydrogen) atoms. The second-order valence-electron chi connectivity index (χ2n) is 6.93. The average Bonchev–Trinajstić information content (AvgIpc) is 2.88. The number of nitrogens with one attached hydrogen (secondary N) is 1. The zero-order chi connectivity index (χ0) is 21.7. The third kappa shape index (κ3) is 4.90. The van der Waals surface area contributed by atoms with Crippen molar-refractivity contribution in [3.8, 4) is 0 Å². The second-order valence-corrected chi connectivity index (χ2v) is 6.93. The molecule has 0 saturated heterocycles. The van der Waals surface area contributed by atoms with E-state index in [-0.39, 0.29) is 11.3 Å². The lowest BCUT2D eigenvalue weighted by atomic mass is 10.2. The summed E-state index contributed by atoms with van der Waals surface area (Å²) < 4.78 is 16.8. The Hall–Kier alpha value is -3.41. The van der Waals surface area contributed by atoms with Gasteiger partial charge < -0.3 is 5.32 Å².